The van der Waals surface area contributed by atoms with Gasteiger partial charge in [0.05, 0.1) is 17.3 Å². The van der Waals surface area contributed by atoms with E-state index in [2.05, 4.69) is 10.4 Å². The third-order valence-electron chi connectivity index (χ3n) is 2.68. The van der Waals surface area contributed by atoms with E-state index >= 15 is 0 Å². The molecule has 2 amide bonds. The van der Waals surface area contributed by atoms with Crippen molar-refractivity contribution >= 4 is 35.0 Å². The van der Waals surface area contributed by atoms with Gasteiger partial charge in [0.15, 0.2) is 5.69 Å². The Morgan fingerprint density at radius 3 is 2.67 bits per heavy atom. The number of nitrogens with two attached hydrogens (primary N) is 1. The molecule has 0 unspecified atom stereocenters. The van der Waals surface area contributed by atoms with Crippen LogP contribution in [0.1, 0.15) is 16.2 Å². The van der Waals surface area contributed by atoms with Crippen LogP contribution in [0.25, 0.3) is 5.69 Å². The number of primary amides is 1. The number of aryl methyl sites for hydroxylation is 1. The summed E-state index contributed by atoms with van der Waals surface area (Å²) in [5, 5.41) is 7.47. The summed E-state index contributed by atoms with van der Waals surface area (Å²) >= 11 is 12.0. The molecule has 3 N–H and O–H groups in total. The molecule has 0 spiro atoms. The van der Waals surface area contributed by atoms with Gasteiger partial charge in [-0.1, -0.05) is 23.2 Å². The maximum absolute atomic E-state index is 11.8. The fraction of sp³-hybridized carbons (Fsp3) is 0.154. The molecule has 8 heteroatoms. The van der Waals surface area contributed by atoms with Crippen LogP contribution in [0, 0.1) is 6.92 Å². The summed E-state index contributed by atoms with van der Waals surface area (Å²) in [7, 11) is 0. The quantitative estimate of drug-likeness (QED) is 0.896. The Balaban J connectivity index is 2.31. The SMILES string of the molecule is Cc1cc(C(=O)NCC(N)=O)nn1-c1ccc(Cl)cc1Cl. The van der Waals surface area contributed by atoms with Crippen molar-refractivity contribution in [1.82, 2.24) is 15.1 Å². The summed E-state index contributed by atoms with van der Waals surface area (Å²) in [6.07, 6.45) is 0. The van der Waals surface area contributed by atoms with Crippen LogP contribution in [-0.4, -0.2) is 28.1 Å². The Bertz CT molecular complexity index is 712. The molecular formula is C13H12Cl2N4O2. The molecule has 0 atom stereocenters. The first-order valence-corrected chi connectivity index (χ1v) is 6.72. The van der Waals surface area contributed by atoms with Gasteiger partial charge in [0.25, 0.3) is 5.91 Å². The number of rotatable bonds is 4. The van der Waals surface area contributed by atoms with Crippen molar-refractivity contribution in [3.63, 3.8) is 0 Å². The van der Waals surface area contributed by atoms with Crippen LogP contribution in [0.3, 0.4) is 0 Å². The monoisotopic (exact) mass is 326 g/mol. The molecular weight excluding hydrogens is 315 g/mol. The van der Waals surface area contributed by atoms with Crippen LogP contribution in [0.4, 0.5) is 0 Å². The Hall–Kier alpha value is -2.05. The number of hydrogen-bond acceptors (Lipinski definition) is 3. The standard InChI is InChI=1S/C13H12Cl2N4O2/c1-7-4-10(13(21)17-6-12(16)20)18-19(7)11-3-2-8(14)5-9(11)15/h2-5H,6H2,1H3,(H2,16,20)(H,17,21). The van der Waals surface area contributed by atoms with E-state index in [4.69, 9.17) is 28.9 Å². The fourth-order valence-electron chi connectivity index (χ4n) is 1.74. The number of halogens is 2. The van der Waals surface area contributed by atoms with Crippen LogP contribution in [0.2, 0.25) is 10.0 Å². The zero-order valence-corrected chi connectivity index (χ0v) is 12.6. The van der Waals surface area contributed by atoms with Gasteiger partial charge in [0.2, 0.25) is 5.91 Å². The Morgan fingerprint density at radius 1 is 1.33 bits per heavy atom. The molecule has 2 rings (SSSR count). The van der Waals surface area contributed by atoms with Crippen molar-refractivity contribution in [1.29, 1.82) is 0 Å². The predicted molar refractivity (Wildman–Crippen MR) is 79.8 cm³/mol. The van der Waals surface area contributed by atoms with Crippen LogP contribution in [0.5, 0.6) is 0 Å². The van der Waals surface area contributed by atoms with Crippen molar-refractivity contribution < 1.29 is 9.59 Å². The third-order valence-corrected chi connectivity index (χ3v) is 3.22. The Kier molecular flexibility index (Phi) is 4.50. The summed E-state index contributed by atoms with van der Waals surface area (Å²) in [5.74, 6) is -1.11. The molecule has 21 heavy (non-hydrogen) atoms. The average Bonchev–Trinajstić information content (AvgIpc) is 2.78. The molecule has 0 aliphatic heterocycles. The number of amides is 2. The summed E-state index contributed by atoms with van der Waals surface area (Å²) in [6, 6.07) is 6.56. The van der Waals surface area contributed by atoms with Crippen LogP contribution in [-0.2, 0) is 4.79 Å². The van der Waals surface area contributed by atoms with E-state index in [0.29, 0.717) is 21.4 Å². The second-order valence-corrected chi connectivity index (χ2v) is 5.17. The van der Waals surface area contributed by atoms with Gasteiger partial charge in [-0.3, -0.25) is 9.59 Å². The minimum atomic E-state index is -0.625. The lowest BCUT2D eigenvalue weighted by molar-refractivity contribution is -0.117. The van der Waals surface area contributed by atoms with Gasteiger partial charge in [-0.2, -0.15) is 5.10 Å². The molecule has 1 aromatic heterocycles. The first-order chi connectivity index (χ1) is 9.88. The number of nitrogens with zero attached hydrogens (tertiary/aromatic N) is 2. The van der Waals surface area contributed by atoms with E-state index in [1.165, 1.54) is 4.68 Å². The molecule has 0 radical (unpaired) electrons. The van der Waals surface area contributed by atoms with E-state index in [1.807, 2.05) is 0 Å². The van der Waals surface area contributed by atoms with Gasteiger partial charge >= 0.3 is 0 Å². The largest absolute Gasteiger partial charge is 0.368 e. The number of carbonyl (C=O) groups is 2. The lowest BCUT2D eigenvalue weighted by Crippen LogP contribution is -2.33. The fourth-order valence-corrected chi connectivity index (χ4v) is 2.23. The van der Waals surface area contributed by atoms with Crippen LogP contribution >= 0.6 is 23.2 Å². The van der Waals surface area contributed by atoms with Crippen molar-refractivity contribution in [2.75, 3.05) is 6.54 Å². The number of nitrogens with one attached hydrogen (secondary N) is 1. The van der Waals surface area contributed by atoms with Gasteiger partial charge in [-0.25, -0.2) is 4.68 Å². The maximum Gasteiger partial charge on any atom is 0.272 e. The number of hydrogen-bond donors (Lipinski definition) is 2. The van der Waals surface area contributed by atoms with Crippen molar-refractivity contribution in [2.24, 2.45) is 5.73 Å². The number of carbonyl (C=O) groups excluding carboxylic acids is 2. The summed E-state index contributed by atoms with van der Waals surface area (Å²) in [5.41, 5.74) is 6.45. The first kappa shape index (κ1) is 15.3. The smallest absolute Gasteiger partial charge is 0.272 e. The lowest BCUT2D eigenvalue weighted by atomic mass is 10.3. The molecule has 6 nitrogen and oxygen atoms in total. The maximum atomic E-state index is 11.8. The lowest BCUT2D eigenvalue weighted by Gasteiger charge is -2.06. The van der Waals surface area contributed by atoms with Crippen molar-refractivity contribution in [3.05, 3.63) is 45.7 Å². The highest BCUT2D eigenvalue weighted by atomic mass is 35.5. The molecule has 1 aromatic carbocycles. The van der Waals surface area contributed by atoms with Gasteiger partial charge in [-0.05, 0) is 31.2 Å². The Labute approximate surface area is 130 Å². The molecule has 2 aromatic rings. The van der Waals surface area contributed by atoms with E-state index in [9.17, 15) is 9.59 Å². The van der Waals surface area contributed by atoms with Crippen molar-refractivity contribution in [3.8, 4) is 5.69 Å². The summed E-state index contributed by atoms with van der Waals surface area (Å²) in [6.45, 7) is 1.54. The number of benzene rings is 1. The molecule has 0 bridgehead atoms. The highest BCUT2D eigenvalue weighted by Gasteiger charge is 2.15. The second kappa shape index (κ2) is 6.15. The molecule has 0 fully saturated rings. The highest BCUT2D eigenvalue weighted by Crippen LogP contribution is 2.25. The molecule has 1 heterocycles. The van der Waals surface area contributed by atoms with Crippen LogP contribution < -0.4 is 11.1 Å². The zero-order chi connectivity index (χ0) is 15.6. The van der Waals surface area contributed by atoms with E-state index in [0.717, 1.165) is 0 Å². The number of aromatic nitrogens is 2. The third kappa shape index (κ3) is 3.53. The molecule has 0 aliphatic rings. The van der Waals surface area contributed by atoms with E-state index in [1.54, 1.807) is 31.2 Å². The van der Waals surface area contributed by atoms with E-state index < -0.39 is 11.8 Å². The van der Waals surface area contributed by atoms with Gasteiger partial charge in [0, 0.05) is 10.7 Å². The second-order valence-electron chi connectivity index (χ2n) is 4.33. The zero-order valence-electron chi connectivity index (χ0n) is 11.1. The minimum Gasteiger partial charge on any atom is -0.368 e. The normalized spacial score (nSPS) is 10.4. The van der Waals surface area contributed by atoms with E-state index in [-0.39, 0.29) is 12.2 Å². The minimum absolute atomic E-state index is 0.166. The topological polar surface area (TPSA) is 90.0 Å². The summed E-state index contributed by atoms with van der Waals surface area (Å²) < 4.78 is 1.53. The van der Waals surface area contributed by atoms with Crippen molar-refractivity contribution in [2.45, 2.75) is 6.92 Å². The van der Waals surface area contributed by atoms with Gasteiger partial charge in [0.1, 0.15) is 0 Å². The molecule has 110 valence electrons. The molecule has 0 aliphatic carbocycles. The Morgan fingerprint density at radius 2 is 2.05 bits per heavy atom. The average molecular weight is 327 g/mol. The molecule has 0 saturated carbocycles. The first-order valence-electron chi connectivity index (χ1n) is 5.97. The predicted octanol–water partition coefficient (Wildman–Crippen LogP) is 1.70. The highest BCUT2D eigenvalue weighted by molar-refractivity contribution is 6.35. The van der Waals surface area contributed by atoms with Gasteiger partial charge < -0.3 is 11.1 Å². The van der Waals surface area contributed by atoms with Crippen LogP contribution in [0.15, 0.2) is 24.3 Å². The molecule has 0 saturated heterocycles. The summed E-state index contributed by atoms with van der Waals surface area (Å²) in [4.78, 5) is 22.5. The van der Waals surface area contributed by atoms with Gasteiger partial charge in [-0.15, -0.1) is 0 Å².